The monoisotopic (exact) mass is 288 g/mol. The third-order valence-electron chi connectivity index (χ3n) is 1.36. The molecule has 0 atom stereocenters. The van der Waals surface area contributed by atoms with Crippen molar-refractivity contribution in [3.05, 3.63) is 16.6 Å². The molecule has 1 aromatic rings. The lowest BCUT2D eigenvalue weighted by Crippen LogP contribution is -1.95. The Morgan fingerprint density at radius 2 is 1.62 bits per heavy atom. The van der Waals surface area contributed by atoms with Crippen LogP contribution in [0.3, 0.4) is 0 Å². The van der Waals surface area contributed by atoms with Crippen LogP contribution in [-0.4, -0.2) is 7.11 Å². The van der Waals surface area contributed by atoms with Gasteiger partial charge in [0.1, 0.15) is 5.75 Å². The summed E-state index contributed by atoms with van der Waals surface area (Å²) in [5.74, 6) is 0.691. The smallest absolute Gasteiger partial charge is 0.135 e. The second-order valence-electron chi connectivity index (χ2n) is 2.12. The third kappa shape index (κ3) is 3.50. The normalized spacial score (nSPS) is 8.15. The molecule has 76 valence electrons. The zero-order valence-electron chi connectivity index (χ0n) is 6.91. The van der Waals surface area contributed by atoms with Crippen molar-refractivity contribution in [1.82, 2.24) is 0 Å². The molecule has 0 saturated heterocycles. The zero-order valence-corrected chi connectivity index (χ0v) is 10.1. The molecule has 3 nitrogen and oxygen atoms in total. The molecule has 0 saturated carbocycles. The fraction of sp³-hybridized carbons (Fsp3) is 0.143. The SMILES string of the molecule is COc1cc(N)c(N)cc1Br.Cl.Cl. The molecule has 6 heteroatoms. The highest BCUT2D eigenvalue weighted by Crippen LogP contribution is 2.30. The second-order valence-corrected chi connectivity index (χ2v) is 2.97. The van der Waals surface area contributed by atoms with Crippen molar-refractivity contribution in [2.45, 2.75) is 0 Å². The molecule has 0 aliphatic carbocycles. The standard InChI is InChI=1S/C7H9BrN2O.2ClH/c1-11-7-3-6(10)5(9)2-4(7)8;;/h2-3H,9-10H2,1H3;2*1H. The van der Waals surface area contributed by atoms with Gasteiger partial charge in [0.2, 0.25) is 0 Å². The van der Waals surface area contributed by atoms with Gasteiger partial charge in [0.05, 0.1) is 23.0 Å². The molecule has 4 N–H and O–H groups in total. The van der Waals surface area contributed by atoms with Gasteiger partial charge >= 0.3 is 0 Å². The van der Waals surface area contributed by atoms with E-state index in [1.807, 2.05) is 0 Å². The summed E-state index contributed by atoms with van der Waals surface area (Å²) in [4.78, 5) is 0. The number of benzene rings is 1. The molecule has 0 aliphatic rings. The number of methoxy groups -OCH3 is 1. The van der Waals surface area contributed by atoms with Crippen LogP contribution in [0.15, 0.2) is 16.6 Å². The van der Waals surface area contributed by atoms with E-state index in [-0.39, 0.29) is 24.8 Å². The number of anilines is 2. The molecule has 0 unspecified atom stereocenters. The first kappa shape index (κ1) is 15.2. The summed E-state index contributed by atoms with van der Waals surface area (Å²) in [6.07, 6.45) is 0. The Labute approximate surface area is 97.8 Å². The maximum Gasteiger partial charge on any atom is 0.135 e. The Kier molecular flexibility index (Phi) is 7.21. The molecule has 0 aromatic heterocycles. The van der Waals surface area contributed by atoms with Crippen LogP contribution in [0, 0.1) is 0 Å². The zero-order chi connectivity index (χ0) is 8.43. The summed E-state index contributed by atoms with van der Waals surface area (Å²) in [5, 5.41) is 0. The molecule has 0 fully saturated rings. The topological polar surface area (TPSA) is 61.3 Å². The summed E-state index contributed by atoms with van der Waals surface area (Å²) in [6, 6.07) is 3.40. The molecule has 0 heterocycles. The van der Waals surface area contributed by atoms with Crippen molar-refractivity contribution in [2.24, 2.45) is 0 Å². The Balaban J connectivity index is 0. The van der Waals surface area contributed by atoms with Gasteiger partial charge in [-0.25, -0.2) is 0 Å². The van der Waals surface area contributed by atoms with E-state index < -0.39 is 0 Å². The number of nitrogen functional groups attached to an aromatic ring is 2. The van der Waals surface area contributed by atoms with Gasteiger partial charge in [0.25, 0.3) is 0 Å². The molecule has 13 heavy (non-hydrogen) atoms. The Morgan fingerprint density at radius 1 is 1.15 bits per heavy atom. The quantitative estimate of drug-likeness (QED) is 0.781. The Bertz CT molecular complexity index is 283. The van der Waals surface area contributed by atoms with E-state index in [1.54, 1.807) is 19.2 Å². The van der Waals surface area contributed by atoms with Crippen molar-refractivity contribution in [2.75, 3.05) is 18.6 Å². The number of hydrogen-bond donors (Lipinski definition) is 2. The van der Waals surface area contributed by atoms with Crippen molar-refractivity contribution in [1.29, 1.82) is 0 Å². The molecule has 0 spiro atoms. The van der Waals surface area contributed by atoms with Crippen LogP contribution in [0.25, 0.3) is 0 Å². The van der Waals surface area contributed by atoms with Gasteiger partial charge < -0.3 is 16.2 Å². The molecule has 0 radical (unpaired) electrons. The fourth-order valence-electron chi connectivity index (χ4n) is 0.741. The van der Waals surface area contributed by atoms with Gasteiger partial charge in [-0.2, -0.15) is 0 Å². The number of halogens is 3. The summed E-state index contributed by atoms with van der Waals surface area (Å²) in [7, 11) is 1.58. The highest BCUT2D eigenvalue weighted by molar-refractivity contribution is 9.10. The van der Waals surface area contributed by atoms with Crippen molar-refractivity contribution < 1.29 is 4.74 Å². The highest BCUT2D eigenvalue weighted by Gasteiger charge is 2.02. The van der Waals surface area contributed by atoms with Gasteiger partial charge in [-0.15, -0.1) is 24.8 Å². The van der Waals surface area contributed by atoms with Gasteiger partial charge in [0, 0.05) is 6.07 Å². The van der Waals surface area contributed by atoms with Crippen LogP contribution in [0.1, 0.15) is 0 Å². The summed E-state index contributed by atoms with van der Waals surface area (Å²) >= 11 is 3.28. The summed E-state index contributed by atoms with van der Waals surface area (Å²) in [6.45, 7) is 0. The lowest BCUT2D eigenvalue weighted by atomic mass is 10.2. The van der Waals surface area contributed by atoms with Gasteiger partial charge in [-0.05, 0) is 22.0 Å². The number of rotatable bonds is 1. The number of ether oxygens (including phenoxy) is 1. The van der Waals surface area contributed by atoms with E-state index in [0.717, 1.165) is 4.47 Å². The van der Waals surface area contributed by atoms with Gasteiger partial charge in [-0.1, -0.05) is 0 Å². The number of hydrogen-bond acceptors (Lipinski definition) is 3. The van der Waals surface area contributed by atoms with E-state index in [9.17, 15) is 0 Å². The van der Waals surface area contributed by atoms with Crippen LogP contribution in [-0.2, 0) is 0 Å². The molecule has 1 rings (SSSR count). The average Bonchev–Trinajstić information content (AvgIpc) is 1.97. The van der Waals surface area contributed by atoms with Crippen molar-refractivity contribution in [3.8, 4) is 5.75 Å². The van der Waals surface area contributed by atoms with Crippen molar-refractivity contribution >= 4 is 52.1 Å². The van der Waals surface area contributed by atoms with Crippen molar-refractivity contribution in [3.63, 3.8) is 0 Å². The maximum absolute atomic E-state index is 5.54. The lowest BCUT2D eigenvalue weighted by molar-refractivity contribution is 0.412. The molecule has 0 aliphatic heterocycles. The lowest BCUT2D eigenvalue weighted by Gasteiger charge is -2.05. The van der Waals surface area contributed by atoms with E-state index in [1.165, 1.54) is 0 Å². The second kappa shape index (κ2) is 6.18. The van der Waals surface area contributed by atoms with E-state index in [0.29, 0.717) is 17.1 Å². The maximum atomic E-state index is 5.54. The van der Waals surface area contributed by atoms with E-state index >= 15 is 0 Å². The Morgan fingerprint density at radius 3 is 2.08 bits per heavy atom. The predicted molar refractivity (Wildman–Crippen MR) is 64.0 cm³/mol. The minimum Gasteiger partial charge on any atom is -0.495 e. The average molecular weight is 290 g/mol. The minimum absolute atomic E-state index is 0. The fourth-order valence-corrected chi connectivity index (χ4v) is 1.26. The van der Waals surface area contributed by atoms with Crippen LogP contribution in [0.2, 0.25) is 0 Å². The first-order chi connectivity index (χ1) is 5.15. The number of nitrogens with two attached hydrogens (primary N) is 2. The molecule has 1 aromatic carbocycles. The van der Waals surface area contributed by atoms with Gasteiger partial charge in [-0.3, -0.25) is 0 Å². The first-order valence-corrected chi connectivity index (χ1v) is 3.83. The van der Waals surface area contributed by atoms with Crippen LogP contribution in [0.4, 0.5) is 11.4 Å². The minimum atomic E-state index is 0. The third-order valence-corrected chi connectivity index (χ3v) is 1.98. The summed E-state index contributed by atoms with van der Waals surface area (Å²) in [5.41, 5.74) is 12.2. The molecular weight excluding hydrogens is 279 g/mol. The molecular formula is C7H11BrCl2N2O. The van der Waals surface area contributed by atoms with Crippen LogP contribution < -0.4 is 16.2 Å². The molecule has 0 bridgehead atoms. The highest BCUT2D eigenvalue weighted by atomic mass is 79.9. The van der Waals surface area contributed by atoms with Crippen LogP contribution in [0.5, 0.6) is 5.75 Å². The molecule has 0 amide bonds. The largest absolute Gasteiger partial charge is 0.495 e. The van der Waals surface area contributed by atoms with E-state index in [2.05, 4.69) is 15.9 Å². The van der Waals surface area contributed by atoms with Gasteiger partial charge in [0.15, 0.2) is 0 Å². The predicted octanol–water partition coefficient (Wildman–Crippen LogP) is 2.47. The van der Waals surface area contributed by atoms with E-state index in [4.69, 9.17) is 16.2 Å². The first-order valence-electron chi connectivity index (χ1n) is 3.03. The summed E-state index contributed by atoms with van der Waals surface area (Å²) < 4.78 is 5.81. The Hall–Kier alpha value is -0.320. The van der Waals surface area contributed by atoms with Crippen LogP contribution >= 0.6 is 40.7 Å².